The number of hydrogen-bond acceptors (Lipinski definition) is 3. The molecule has 1 saturated heterocycles. The van der Waals surface area contributed by atoms with E-state index in [-0.39, 0.29) is 18.7 Å². The highest BCUT2D eigenvalue weighted by Gasteiger charge is 2.40. The van der Waals surface area contributed by atoms with Crippen LogP contribution in [0.1, 0.15) is 29.9 Å². The van der Waals surface area contributed by atoms with Crippen LogP contribution in [-0.2, 0) is 0 Å². The maximum atomic E-state index is 9.35. The summed E-state index contributed by atoms with van der Waals surface area (Å²) in [5, 5.41) is 14.1. The first kappa shape index (κ1) is 18.9. The van der Waals surface area contributed by atoms with E-state index in [1.165, 1.54) is 0 Å². The Bertz CT molecular complexity index is 962. The van der Waals surface area contributed by atoms with Crippen molar-refractivity contribution in [1.82, 2.24) is 19.8 Å². The quantitative estimate of drug-likeness (QED) is 0.602. The lowest BCUT2D eigenvalue weighted by molar-refractivity contribution is 0.245. The van der Waals surface area contributed by atoms with Gasteiger partial charge in [0.1, 0.15) is 0 Å². The minimum atomic E-state index is -0.0831. The van der Waals surface area contributed by atoms with Crippen LogP contribution in [0, 0.1) is 0 Å². The summed E-state index contributed by atoms with van der Waals surface area (Å²) in [6.45, 7) is 0.784. The molecule has 2 N–H and O–H groups in total. The molecule has 0 saturated carbocycles. The zero-order valence-corrected chi connectivity index (χ0v) is 16.8. The van der Waals surface area contributed by atoms with E-state index in [0.29, 0.717) is 23.1 Å². The molecule has 3 heterocycles. The first-order valence-corrected chi connectivity index (χ1v) is 10.00. The van der Waals surface area contributed by atoms with Crippen molar-refractivity contribution < 1.29 is 5.11 Å². The van der Waals surface area contributed by atoms with Gasteiger partial charge < -0.3 is 19.9 Å². The largest absolute Gasteiger partial charge is 0.396 e. The fourth-order valence-electron chi connectivity index (χ4n) is 3.71. The summed E-state index contributed by atoms with van der Waals surface area (Å²) in [5.41, 5.74) is 3.01. The fraction of sp³-hybridized carbons (Fsp3) is 0.238. The van der Waals surface area contributed by atoms with Gasteiger partial charge in [-0.2, -0.15) is 0 Å². The van der Waals surface area contributed by atoms with Crippen molar-refractivity contribution in [2.45, 2.75) is 18.5 Å². The van der Waals surface area contributed by atoms with Crippen molar-refractivity contribution in [1.29, 1.82) is 0 Å². The Labute approximate surface area is 174 Å². The number of aliphatic hydroxyl groups is 1. The lowest BCUT2D eigenvalue weighted by Crippen LogP contribution is -2.31. The van der Waals surface area contributed by atoms with E-state index in [4.69, 9.17) is 23.8 Å². The second-order valence-corrected chi connectivity index (χ2v) is 7.50. The standard InChI is InChI=1S/C21H21ClN4OS/c22-15-6-3-7-16(14-15)25-11-4-9-18(25)20-19(17-8-1-2-10-23-17)24-21(28)26(20)12-5-13-27/h1-4,6-11,14,19-20,27H,5,12-13H2,(H,24,28)/t19-,20-/m1/s1. The number of aliphatic hydroxyl groups excluding tert-OH is 1. The molecule has 1 fully saturated rings. The zero-order chi connectivity index (χ0) is 19.5. The second-order valence-electron chi connectivity index (χ2n) is 6.68. The van der Waals surface area contributed by atoms with Gasteiger partial charge in [0.2, 0.25) is 0 Å². The molecule has 0 amide bonds. The van der Waals surface area contributed by atoms with Crippen LogP contribution < -0.4 is 5.32 Å². The summed E-state index contributed by atoms with van der Waals surface area (Å²) in [6.07, 6.45) is 4.47. The lowest BCUT2D eigenvalue weighted by atomic mass is 10.0. The highest BCUT2D eigenvalue weighted by molar-refractivity contribution is 7.80. The summed E-state index contributed by atoms with van der Waals surface area (Å²) < 4.78 is 2.13. The maximum absolute atomic E-state index is 9.35. The van der Waals surface area contributed by atoms with Gasteiger partial charge >= 0.3 is 0 Å². The van der Waals surface area contributed by atoms with Gasteiger partial charge in [0.05, 0.1) is 17.8 Å². The van der Waals surface area contributed by atoms with E-state index in [2.05, 4.69) is 25.8 Å². The van der Waals surface area contributed by atoms with Crippen LogP contribution in [0.2, 0.25) is 5.02 Å². The predicted octanol–water partition coefficient (Wildman–Crippen LogP) is 3.88. The number of nitrogens with zero attached hydrogens (tertiary/aromatic N) is 3. The number of hydrogen-bond donors (Lipinski definition) is 2. The van der Waals surface area contributed by atoms with Gasteiger partial charge in [-0.15, -0.1) is 0 Å². The average Bonchev–Trinajstić information content (AvgIpc) is 3.31. The molecule has 1 aliphatic rings. The molecule has 1 aromatic carbocycles. The minimum Gasteiger partial charge on any atom is -0.396 e. The third-order valence-corrected chi connectivity index (χ3v) is 5.51. The van der Waals surface area contributed by atoms with Gasteiger partial charge in [0, 0.05) is 41.9 Å². The summed E-state index contributed by atoms with van der Waals surface area (Å²) >= 11 is 11.9. The average molecular weight is 413 g/mol. The van der Waals surface area contributed by atoms with E-state index in [0.717, 1.165) is 17.1 Å². The Hall–Kier alpha value is -2.41. The molecule has 0 aliphatic carbocycles. The first-order chi connectivity index (χ1) is 13.7. The van der Waals surface area contributed by atoms with Crippen LogP contribution in [0.25, 0.3) is 5.69 Å². The number of benzene rings is 1. The Morgan fingerprint density at radius 2 is 2.04 bits per heavy atom. The number of halogens is 1. The van der Waals surface area contributed by atoms with E-state index in [9.17, 15) is 5.11 Å². The van der Waals surface area contributed by atoms with Crippen LogP contribution in [0.5, 0.6) is 0 Å². The molecular formula is C21H21ClN4OS. The molecule has 4 rings (SSSR count). The van der Waals surface area contributed by atoms with Crippen molar-refractivity contribution in [3.8, 4) is 5.69 Å². The van der Waals surface area contributed by atoms with Crippen molar-refractivity contribution in [2.75, 3.05) is 13.2 Å². The molecular weight excluding hydrogens is 392 g/mol. The topological polar surface area (TPSA) is 53.3 Å². The monoisotopic (exact) mass is 412 g/mol. The van der Waals surface area contributed by atoms with Gasteiger partial charge in [0.25, 0.3) is 0 Å². The number of pyridine rings is 1. The minimum absolute atomic E-state index is 0.0528. The van der Waals surface area contributed by atoms with Crippen LogP contribution in [0.15, 0.2) is 67.0 Å². The normalized spacial score (nSPS) is 19.1. The number of aromatic nitrogens is 2. The molecule has 28 heavy (non-hydrogen) atoms. The molecule has 0 spiro atoms. The van der Waals surface area contributed by atoms with Crippen LogP contribution in [-0.4, -0.2) is 37.8 Å². The van der Waals surface area contributed by atoms with Gasteiger partial charge in [-0.3, -0.25) is 4.98 Å². The highest BCUT2D eigenvalue weighted by atomic mass is 35.5. The molecule has 144 valence electrons. The van der Waals surface area contributed by atoms with Gasteiger partial charge in [-0.05, 0) is 61.1 Å². The number of nitrogens with one attached hydrogen (secondary N) is 1. The third-order valence-electron chi connectivity index (χ3n) is 4.92. The summed E-state index contributed by atoms with van der Waals surface area (Å²) in [7, 11) is 0. The van der Waals surface area contributed by atoms with Crippen LogP contribution in [0.4, 0.5) is 0 Å². The molecule has 0 unspecified atom stereocenters. The van der Waals surface area contributed by atoms with Crippen molar-refractivity contribution in [3.63, 3.8) is 0 Å². The molecule has 0 radical (unpaired) electrons. The molecule has 5 nitrogen and oxygen atoms in total. The smallest absolute Gasteiger partial charge is 0.170 e. The highest BCUT2D eigenvalue weighted by Crippen LogP contribution is 2.39. The molecule has 1 aliphatic heterocycles. The Morgan fingerprint density at radius 1 is 1.14 bits per heavy atom. The molecule has 7 heteroatoms. The number of rotatable bonds is 6. The molecule has 0 bridgehead atoms. The van der Waals surface area contributed by atoms with E-state index in [1.807, 2.05) is 54.7 Å². The van der Waals surface area contributed by atoms with Crippen molar-refractivity contribution in [3.05, 3.63) is 83.4 Å². The molecule has 2 atom stereocenters. The Kier molecular flexibility index (Phi) is 5.62. The molecule has 2 aromatic heterocycles. The summed E-state index contributed by atoms with van der Waals surface area (Å²) in [4.78, 5) is 6.70. The van der Waals surface area contributed by atoms with Crippen molar-refractivity contribution >= 4 is 28.9 Å². The Morgan fingerprint density at radius 3 is 2.79 bits per heavy atom. The van der Waals surface area contributed by atoms with Gasteiger partial charge in [-0.1, -0.05) is 23.7 Å². The second kappa shape index (κ2) is 8.31. The summed E-state index contributed by atoms with van der Waals surface area (Å²) in [6, 6.07) is 17.7. The maximum Gasteiger partial charge on any atom is 0.170 e. The van der Waals surface area contributed by atoms with E-state index < -0.39 is 0 Å². The fourth-order valence-corrected chi connectivity index (χ4v) is 4.22. The predicted molar refractivity (Wildman–Crippen MR) is 115 cm³/mol. The molecule has 3 aromatic rings. The summed E-state index contributed by atoms with van der Waals surface area (Å²) in [5.74, 6) is 0. The van der Waals surface area contributed by atoms with Crippen LogP contribution in [0.3, 0.4) is 0 Å². The Balaban J connectivity index is 1.79. The zero-order valence-electron chi connectivity index (χ0n) is 15.2. The van der Waals surface area contributed by atoms with E-state index in [1.54, 1.807) is 6.20 Å². The van der Waals surface area contributed by atoms with Crippen molar-refractivity contribution in [2.24, 2.45) is 0 Å². The first-order valence-electron chi connectivity index (χ1n) is 9.21. The van der Waals surface area contributed by atoms with E-state index >= 15 is 0 Å². The van der Waals surface area contributed by atoms with Gasteiger partial charge in [0.15, 0.2) is 5.11 Å². The lowest BCUT2D eigenvalue weighted by Gasteiger charge is -2.28. The van der Waals surface area contributed by atoms with Crippen LogP contribution >= 0.6 is 23.8 Å². The number of thiocarbonyl (C=S) groups is 1. The SMILES string of the molecule is OCCCN1C(=S)N[C@H](c2ccccn2)[C@H]1c1cccn1-c1cccc(Cl)c1. The van der Waals surface area contributed by atoms with Gasteiger partial charge in [-0.25, -0.2) is 0 Å². The third kappa shape index (κ3) is 3.63.